The first kappa shape index (κ1) is 10.7. The van der Waals surface area contributed by atoms with Crippen LogP contribution in [0.3, 0.4) is 0 Å². The van der Waals surface area contributed by atoms with E-state index in [4.69, 9.17) is 0 Å². The quantitative estimate of drug-likeness (QED) is 0.638. The molecule has 2 unspecified atom stereocenters. The lowest BCUT2D eigenvalue weighted by Crippen LogP contribution is -2.37. The molecule has 0 aromatic rings. The summed E-state index contributed by atoms with van der Waals surface area (Å²) in [5.41, 5.74) is 0. The molecular formula is C12H20N2O. The monoisotopic (exact) mass is 208 g/mol. The smallest absolute Gasteiger partial charge is 0.246 e. The van der Waals surface area contributed by atoms with E-state index >= 15 is 0 Å². The van der Waals surface area contributed by atoms with Crippen LogP contribution in [0.15, 0.2) is 12.7 Å². The van der Waals surface area contributed by atoms with E-state index in [2.05, 4.69) is 18.4 Å². The summed E-state index contributed by atoms with van der Waals surface area (Å²) < 4.78 is 0. The number of likely N-dealkylation sites (tertiary alicyclic amines) is 2. The molecule has 2 saturated heterocycles. The van der Waals surface area contributed by atoms with Crippen molar-refractivity contribution in [3.8, 4) is 0 Å². The van der Waals surface area contributed by atoms with Crippen LogP contribution < -0.4 is 0 Å². The van der Waals surface area contributed by atoms with Crippen LogP contribution in [0.5, 0.6) is 0 Å². The molecule has 2 atom stereocenters. The van der Waals surface area contributed by atoms with Crippen molar-refractivity contribution in [2.45, 2.75) is 38.3 Å². The number of amides is 1. The van der Waals surface area contributed by atoms with Gasteiger partial charge in [0.2, 0.25) is 5.91 Å². The molecule has 0 aromatic carbocycles. The molecule has 2 fully saturated rings. The average Bonchev–Trinajstić information content (AvgIpc) is 2.84. The minimum atomic E-state index is 0.0872. The second-order valence-corrected chi connectivity index (χ2v) is 4.68. The Balaban J connectivity index is 1.96. The van der Waals surface area contributed by atoms with Crippen molar-refractivity contribution in [3.05, 3.63) is 12.7 Å². The minimum absolute atomic E-state index is 0.0872. The Bertz CT molecular complexity index is 258. The van der Waals surface area contributed by atoms with Crippen molar-refractivity contribution in [1.29, 1.82) is 0 Å². The molecular weight excluding hydrogens is 188 g/mol. The molecule has 0 radical (unpaired) electrons. The summed E-state index contributed by atoms with van der Waals surface area (Å²) in [6.45, 7) is 9.02. The Hall–Kier alpha value is -0.830. The Kier molecular flexibility index (Phi) is 3.10. The fraction of sp³-hybridized carbons (Fsp3) is 0.750. The van der Waals surface area contributed by atoms with Gasteiger partial charge in [-0.05, 0) is 45.4 Å². The van der Waals surface area contributed by atoms with Crippen LogP contribution in [-0.2, 0) is 4.79 Å². The minimum Gasteiger partial charge on any atom is -0.335 e. The van der Waals surface area contributed by atoms with Crippen molar-refractivity contribution >= 4 is 5.91 Å². The number of rotatable bonds is 2. The Morgan fingerprint density at radius 2 is 2.07 bits per heavy atom. The van der Waals surface area contributed by atoms with Gasteiger partial charge in [0.15, 0.2) is 0 Å². The van der Waals surface area contributed by atoms with Crippen LogP contribution >= 0.6 is 0 Å². The van der Waals surface area contributed by atoms with Crippen molar-refractivity contribution in [2.75, 3.05) is 19.6 Å². The number of carbonyl (C=O) groups excluding carboxylic acids is 1. The highest BCUT2D eigenvalue weighted by atomic mass is 16.2. The summed E-state index contributed by atoms with van der Waals surface area (Å²) in [4.78, 5) is 16.1. The maximum atomic E-state index is 11.6. The van der Waals surface area contributed by atoms with Crippen LogP contribution in [0, 0.1) is 0 Å². The fourth-order valence-corrected chi connectivity index (χ4v) is 2.80. The molecule has 0 aliphatic carbocycles. The third kappa shape index (κ3) is 2.07. The van der Waals surface area contributed by atoms with Gasteiger partial charge in [-0.25, -0.2) is 0 Å². The first-order valence-electron chi connectivity index (χ1n) is 5.89. The summed E-state index contributed by atoms with van der Waals surface area (Å²) in [7, 11) is 0. The van der Waals surface area contributed by atoms with Gasteiger partial charge in [-0.2, -0.15) is 0 Å². The van der Waals surface area contributed by atoms with E-state index in [-0.39, 0.29) is 5.91 Å². The molecule has 0 bridgehead atoms. The van der Waals surface area contributed by atoms with E-state index in [9.17, 15) is 4.79 Å². The third-order valence-electron chi connectivity index (χ3n) is 3.67. The molecule has 0 saturated carbocycles. The zero-order chi connectivity index (χ0) is 10.8. The number of nitrogens with zero attached hydrogens (tertiary/aromatic N) is 2. The van der Waals surface area contributed by atoms with E-state index in [1.54, 1.807) is 0 Å². The van der Waals surface area contributed by atoms with Crippen molar-refractivity contribution in [3.63, 3.8) is 0 Å². The molecule has 15 heavy (non-hydrogen) atoms. The van der Waals surface area contributed by atoms with Gasteiger partial charge in [-0.15, -0.1) is 0 Å². The topological polar surface area (TPSA) is 23.6 Å². The molecule has 2 aliphatic rings. The van der Waals surface area contributed by atoms with Crippen molar-refractivity contribution in [2.24, 2.45) is 0 Å². The standard InChI is InChI=1S/C12H20N2O/c1-3-12(15)14-9-11(8-10(14)2)13-6-4-5-7-13/h3,10-11H,1,4-9H2,2H3. The second kappa shape index (κ2) is 4.35. The third-order valence-corrected chi connectivity index (χ3v) is 3.67. The normalized spacial score (nSPS) is 32.2. The second-order valence-electron chi connectivity index (χ2n) is 4.68. The summed E-state index contributed by atoms with van der Waals surface area (Å²) >= 11 is 0. The van der Waals surface area contributed by atoms with Gasteiger partial charge in [0.05, 0.1) is 0 Å². The first-order chi connectivity index (χ1) is 7.22. The van der Waals surface area contributed by atoms with Crippen molar-refractivity contribution < 1.29 is 4.79 Å². The maximum Gasteiger partial charge on any atom is 0.246 e. The lowest BCUT2D eigenvalue weighted by molar-refractivity contribution is -0.126. The Morgan fingerprint density at radius 3 is 2.67 bits per heavy atom. The molecule has 3 nitrogen and oxygen atoms in total. The van der Waals surface area contributed by atoms with E-state index in [0.29, 0.717) is 12.1 Å². The van der Waals surface area contributed by atoms with Gasteiger partial charge >= 0.3 is 0 Å². The molecule has 0 spiro atoms. The van der Waals surface area contributed by atoms with Gasteiger partial charge in [0.25, 0.3) is 0 Å². The summed E-state index contributed by atoms with van der Waals surface area (Å²) in [5.74, 6) is 0.0872. The summed E-state index contributed by atoms with van der Waals surface area (Å²) in [6.07, 6.45) is 5.20. The lowest BCUT2D eigenvalue weighted by atomic mass is 10.2. The van der Waals surface area contributed by atoms with E-state index in [0.717, 1.165) is 13.0 Å². The molecule has 0 aromatic heterocycles. The zero-order valence-corrected chi connectivity index (χ0v) is 9.48. The van der Waals surface area contributed by atoms with Crippen LogP contribution in [0.1, 0.15) is 26.2 Å². The molecule has 2 heterocycles. The number of hydrogen-bond donors (Lipinski definition) is 0. The highest BCUT2D eigenvalue weighted by molar-refractivity contribution is 5.87. The summed E-state index contributed by atoms with van der Waals surface area (Å²) in [5, 5.41) is 0. The molecule has 1 amide bonds. The van der Waals surface area contributed by atoms with Crippen LogP contribution in [0.25, 0.3) is 0 Å². The number of carbonyl (C=O) groups is 1. The van der Waals surface area contributed by atoms with Gasteiger partial charge in [-0.3, -0.25) is 9.69 Å². The van der Waals surface area contributed by atoms with Gasteiger partial charge in [-0.1, -0.05) is 6.58 Å². The molecule has 3 heteroatoms. The largest absolute Gasteiger partial charge is 0.335 e. The fourth-order valence-electron chi connectivity index (χ4n) is 2.80. The van der Waals surface area contributed by atoms with Gasteiger partial charge in [0.1, 0.15) is 0 Å². The maximum absolute atomic E-state index is 11.6. The Labute approximate surface area is 91.7 Å². The predicted octanol–water partition coefficient (Wildman–Crippen LogP) is 1.26. The highest BCUT2D eigenvalue weighted by Gasteiger charge is 2.35. The van der Waals surface area contributed by atoms with Crippen LogP contribution in [0.2, 0.25) is 0 Å². The van der Waals surface area contributed by atoms with Crippen molar-refractivity contribution in [1.82, 2.24) is 9.80 Å². The lowest BCUT2D eigenvalue weighted by Gasteiger charge is -2.23. The zero-order valence-electron chi connectivity index (χ0n) is 9.48. The van der Waals surface area contributed by atoms with Crippen LogP contribution in [0.4, 0.5) is 0 Å². The molecule has 2 rings (SSSR count). The molecule has 2 aliphatic heterocycles. The number of hydrogen-bond acceptors (Lipinski definition) is 2. The van der Waals surface area contributed by atoms with E-state index in [1.807, 2.05) is 4.90 Å². The van der Waals surface area contributed by atoms with Gasteiger partial charge < -0.3 is 4.90 Å². The first-order valence-corrected chi connectivity index (χ1v) is 5.89. The van der Waals surface area contributed by atoms with E-state index < -0.39 is 0 Å². The van der Waals surface area contributed by atoms with Crippen LogP contribution in [-0.4, -0.2) is 47.4 Å². The Morgan fingerprint density at radius 1 is 1.40 bits per heavy atom. The van der Waals surface area contributed by atoms with Gasteiger partial charge in [0, 0.05) is 18.6 Å². The molecule has 0 N–H and O–H groups in total. The van der Waals surface area contributed by atoms with E-state index in [1.165, 1.54) is 32.0 Å². The highest BCUT2D eigenvalue weighted by Crippen LogP contribution is 2.24. The molecule has 84 valence electrons. The summed E-state index contributed by atoms with van der Waals surface area (Å²) in [6, 6.07) is 0.965. The average molecular weight is 208 g/mol. The SMILES string of the molecule is C=CC(=O)N1CC(N2CCCC2)CC1C. The predicted molar refractivity (Wildman–Crippen MR) is 60.6 cm³/mol.